The molecule has 1 unspecified atom stereocenters. The lowest BCUT2D eigenvalue weighted by molar-refractivity contribution is -0.115. The Bertz CT molecular complexity index is 1180. The molecular formula is C32H41N5O2. The molecule has 0 radical (unpaired) electrons. The molecule has 206 valence electrons. The van der Waals surface area contributed by atoms with E-state index < -0.39 is 5.91 Å². The number of nitrogens with one attached hydrogen (secondary N) is 1. The molecule has 1 aliphatic rings. The van der Waals surface area contributed by atoms with E-state index in [0.717, 1.165) is 75.0 Å². The van der Waals surface area contributed by atoms with Gasteiger partial charge in [0.2, 0.25) is 0 Å². The van der Waals surface area contributed by atoms with Crippen LogP contribution in [0.2, 0.25) is 0 Å². The van der Waals surface area contributed by atoms with E-state index >= 15 is 0 Å². The number of rotatable bonds is 16. The minimum Gasteiger partial charge on any atom is -0.493 e. The third kappa shape index (κ3) is 8.76. The Hall–Kier alpha value is -4.02. The van der Waals surface area contributed by atoms with Crippen LogP contribution in [0.15, 0.2) is 46.7 Å². The molecule has 1 N–H and O–H groups in total. The quantitative estimate of drug-likeness (QED) is 0.233. The molecule has 0 spiro atoms. The van der Waals surface area contributed by atoms with Crippen LogP contribution in [-0.2, 0) is 4.79 Å². The average Bonchev–Trinajstić information content (AvgIpc) is 3.27. The number of amides is 1. The van der Waals surface area contributed by atoms with Crippen LogP contribution in [0.5, 0.6) is 5.75 Å². The standard InChI is InChI=1S/C32H41N5O2/c1-5-9-12-24(8-4)23-39-30-19-27(37(17-10-6-2)18-11-7-3)15-13-25(30)14-16-28-29(22-35)31(36-32(28)38)26(20-33)21-34/h13-16,19,24H,5-12,17-18,23H2,1-4H3,(H,36,38)/b16-14+. The molecule has 39 heavy (non-hydrogen) atoms. The molecule has 1 aromatic rings. The van der Waals surface area contributed by atoms with Crippen molar-refractivity contribution in [3.63, 3.8) is 0 Å². The molecule has 0 aliphatic carbocycles. The van der Waals surface area contributed by atoms with Crippen molar-refractivity contribution >= 4 is 17.7 Å². The number of carbonyl (C=O) groups excluding carboxylic acids is 1. The maximum Gasteiger partial charge on any atom is 0.257 e. The van der Waals surface area contributed by atoms with Gasteiger partial charge in [0.05, 0.1) is 23.5 Å². The van der Waals surface area contributed by atoms with Crippen molar-refractivity contribution in [1.29, 1.82) is 15.8 Å². The van der Waals surface area contributed by atoms with E-state index in [0.29, 0.717) is 12.5 Å². The molecule has 1 aromatic carbocycles. The van der Waals surface area contributed by atoms with Gasteiger partial charge in [-0.2, -0.15) is 15.8 Å². The number of unbranched alkanes of at least 4 members (excludes halogenated alkanes) is 3. The molecule has 7 heteroatoms. The van der Waals surface area contributed by atoms with Crippen LogP contribution >= 0.6 is 0 Å². The van der Waals surface area contributed by atoms with Crippen molar-refractivity contribution in [2.24, 2.45) is 5.92 Å². The highest BCUT2D eigenvalue weighted by atomic mass is 16.5. The maximum absolute atomic E-state index is 12.6. The van der Waals surface area contributed by atoms with Gasteiger partial charge in [-0.15, -0.1) is 0 Å². The Balaban J connectivity index is 2.50. The van der Waals surface area contributed by atoms with Gasteiger partial charge >= 0.3 is 0 Å². The predicted molar refractivity (Wildman–Crippen MR) is 155 cm³/mol. The Labute approximate surface area is 234 Å². The van der Waals surface area contributed by atoms with E-state index in [1.165, 1.54) is 6.42 Å². The molecule has 1 aliphatic heterocycles. The Kier molecular flexibility index (Phi) is 13.4. The number of hydrogen-bond acceptors (Lipinski definition) is 6. The third-order valence-corrected chi connectivity index (χ3v) is 6.96. The van der Waals surface area contributed by atoms with E-state index in [1.807, 2.05) is 12.1 Å². The van der Waals surface area contributed by atoms with Gasteiger partial charge in [0, 0.05) is 30.4 Å². The first-order valence-electron chi connectivity index (χ1n) is 14.2. The molecule has 1 atom stereocenters. The smallest absolute Gasteiger partial charge is 0.257 e. The molecule has 2 rings (SSSR count). The average molecular weight is 528 g/mol. The van der Waals surface area contributed by atoms with Crippen molar-refractivity contribution < 1.29 is 9.53 Å². The number of hydrogen-bond donors (Lipinski definition) is 1. The lowest BCUT2D eigenvalue weighted by atomic mass is 10.0. The fourth-order valence-corrected chi connectivity index (χ4v) is 4.42. The molecule has 0 bridgehead atoms. The lowest BCUT2D eigenvalue weighted by Crippen LogP contribution is -2.25. The SMILES string of the molecule is CCCCC(CC)COc1cc(N(CCCC)CCCC)ccc1/C=C/C1=C(C#N)C(=C(C#N)C#N)NC1=O. The fourth-order valence-electron chi connectivity index (χ4n) is 4.42. The van der Waals surface area contributed by atoms with Crippen LogP contribution in [0.4, 0.5) is 5.69 Å². The Morgan fingerprint density at radius 1 is 1.00 bits per heavy atom. The van der Waals surface area contributed by atoms with Crippen LogP contribution in [0, 0.1) is 39.9 Å². The summed E-state index contributed by atoms with van der Waals surface area (Å²) in [5.74, 6) is 0.675. The van der Waals surface area contributed by atoms with Crippen LogP contribution in [0.1, 0.15) is 84.6 Å². The molecule has 1 amide bonds. The van der Waals surface area contributed by atoms with Crippen molar-refractivity contribution in [2.45, 2.75) is 79.1 Å². The Morgan fingerprint density at radius 2 is 1.67 bits per heavy atom. The summed E-state index contributed by atoms with van der Waals surface area (Å²) in [6.45, 7) is 11.3. The van der Waals surface area contributed by atoms with Gasteiger partial charge in [-0.05, 0) is 43.4 Å². The van der Waals surface area contributed by atoms with Gasteiger partial charge in [-0.3, -0.25) is 4.79 Å². The normalized spacial score (nSPS) is 13.6. The van der Waals surface area contributed by atoms with Gasteiger partial charge in [0.15, 0.2) is 5.57 Å². The molecule has 0 saturated heterocycles. The molecule has 0 saturated carbocycles. The highest BCUT2D eigenvalue weighted by molar-refractivity contribution is 6.05. The summed E-state index contributed by atoms with van der Waals surface area (Å²) in [5, 5.41) is 30.6. The first-order chi connectivity index (χ1) is 19.0. The minimum atomic E-state index is -0.518. The maximum atomic E-state index is 12.6. The largest absolute Gasteiger partial charge is 0.493 e. The van der Waals surface area contributed by atoms with Crippen molar-refractivity contribution in [2.75, 3.05) is 24.6 Å². The van der Waals surface area contributed by atoms with E-state index in [-0.39, 0.29) is 22.4 Å². The zero-order chi connectivity index (χ0) is 28.6. The van der Waals surface area contributed by atoms with Crippen molar-refractivity contribution in [3.05, 3.63) is 52.3 Å². The second-order valence-corrected chi connectivity index (χ2v) is 9.81. The summed E-state index contributed by atoms with van der Waals surface area (Å²) in [5.41, 5.74) is 1.68. The zero-order valence-electron chi connectivity index (χ0n) is 23.8. The zero-order valence-corrected chi connectivity index (χ0v) is 23.8. The molecule has 7 nitrogen and oxygen atoms in total. The second-order valence-electron chi connectivity index (χ2n) is 9.81. The molecule has 1 heterocycles. The van der Waals surface area contributed by atoms with Crippen molar-refractivity contribution in [3.8, 4) is 24.0 Å². The summed E-state index contributed by atoms with van der Waals surface area (Å²) >= 11 is 0. The van der Waals surface area contributed by atoms with E-state index in [1.54, 1.807) is 24.3 Å². The number of benzene rings is 1. The highest BCUT2D eigenvalue weighted by Gasteiger charge is 2.28. The van der Waals surface area contributed by atoms with E-state index in [4.69, 9.17) is 4.74 Å². The summed E-state index contributed by atoms with van der Waals surface area (Å²) in [6, 6.07) is 11.6. The third-order valence-electron chi connectivity index (χ3n) is 6.96. The number of ether oxygens (including phenoxy) is 1. The van der Waals surface area contributed by atoms with Gasteiger partial charge in [-0.1, -0.05) is 65.9 Å². The predicted octanol–water partition coefficient (Wildman–Crippen LogP) is 6.95. The van der Waals surface area contributed by atoms with Crippen LogP contribution in [0.25, 0.3) is 6.08 Å². The summed E-state index contributed by atoms with van der Waals surface area (Å²) in [6.07, 6.45) is 12.3. The number of anilines is 1. The van der Waals surface area contributed by atoms with E-state index in [9.17, 15) is 20.6 Å². The topological polar surface area (TPSA) is 113 Å². The monoisotopic (exact) mass is 527 g/mol. The minimum absolute atomic E-state index is 0.00985. The number of nitriles is 3. The first kappa shape index (κ1) is 31.2. The second kappa shape index (κ2) is 16.7. The Morgan fingerprint density at radius 3 is 2.23 bits per heavy atom. The summed E-state index contributed by atoms with van der Waals surface area (Å²) in [7, 11) is 0. The first-order valence-corrected chi connectivity index (χ1v) is 14.2. The van der Waals surface area contributed by atoms with Crippen LogP contribution < -0.4 is 15.0 Å². The molecule has 0 aromatic heterocycles. The summed E-state index contributed by atoms with van der Waals surface area (Å²) in [4.78, 5) is 15.0. The van der Waals surface area contributed by atoms with Gasteiger partial charge in [0.25, 0.3) is 5.91 Å². The number of allylic oxidation sites excluding steroid dienone is 2. The summed E-state index contributed by atoms with van der Waals surface area (Å²) < 4.78 is 6.42. The van der Waals surface area contributed by atoms with Gasteiger partial charge in [0.1, 0.15) is 24.0 Å². The lowest BCUT2D eigenvalue weighted by Gasteiger charge is -2.26. The number of carbonyl (C=O) groups is 1. The van der Waals surface area contributed by atoms with Gasteiger partial charge < -0.3 is 15.0 Å². The van der Waals surface area contributed by atoms with Crippen LogP contribution in [0.3, 0.4) is 0 Å². The van der Waals surface area contributed by atoms with Gasteiger partial charge in [-0.25, -0.2) is 0 Å². The fraction of sp³-hybridized carbons (Fsp3) is 0.500. The molecular weight excluding hydrogens is 486 g/mol. The number of nitrogens with zero attached hydrogens (tertiary/aromatic N) is 4. The van der Waals surface area contributed by atoms with E-state index in [2.05, 4.69) is 50.0 Å². The van der Waals surface area contributed by atoms with Crippen molar-refractivity contribution in [1.82, 2.24) is 5.32 Å². The van der Waals surface area contributed by atoms with Crippen LogP contribution in [-0.4, -0.2) is 25.6 Å². The highest BCUT2D eigenvalue weighted by Crippen LogP contribution is 2.31. The molecule has 0 fully saturated rings.